The van der Waals surface area contributed by atoms with Gasteiger partial charge in [-0.1, -0.05) is 11.6 Å². The van der Waals surface area contributed by atoms with Crippen LogP contribution in [0.1, 0.15) is 5.56 Å². The number of halogens is 3. The minimum atomic E-state index is -0.921. The first-order valence-corrected chi connectivity index (χ1v) is 7.94. The number of ether oxygens (including phenoxy) is 1. The van der Waals surface area contributed by atoms with Crippen molar-refractivity contribution in [3.8, 4) is 5.75 Å². The number of amides is 1. The first kappa shape index (κ1) is 15.1. The molecule has 0 spiro atoms. The molecule has 1 amide bonds. The molecule has 1 N–H and O–H groups in total. The molecule has 1 aromatic rings. The van der Waals surface area contributed by atoms with Gasteiger partial charge in [-0.25, -0.2) is 9.18 Å². The molecule has 1 atom stereocenters. The van der Waals surface area contributed by atoms with Crippen molar-refractivity contribution >= 4 is 40.3 Å². The van der Waals surface area contributed by atoms with Gasteiger partial charge < -0.3 is 14.7 Å². The van der Waals surface area contributed by atoms with Crippen molar-refractivity contribution in [1.29, 1.82) is 0 Å². The molecular weight excluding hydrogens is 414 g/mol. The number of carboxylic acid groups (broad SMARTS) is 1. The molecule has 0 aliphatic carbocycles. The minimum absolute atomic E-state index is 0.0426. The predicted octanol–water partition coefficient (Wildman–Crippen LogP) is 2.64. The van der Waals surface area contributed by atoms with Crippen LogP contribution in [0.15, 0.2) is 6.07 Å². The lowest BCUT2D eigenvalue weighted by molar-refractivity contribution is 0.0503. The molecular formula is C13H13ClFIN2O3. The van der Waals surface area contributed by atoms with Crippen LogP contribution in [0.5, 0.6) is 5.75 Å². The van der Waals surface area contributed by atoms with Gasteiger partial charge in [0.05, 0.1) is 14.6 Å². The van der Waals surface area contributed by atoms with Crippen LogP contribution in [0.2, 0.25) is 5.02 Å². The summed E-state index contributed by atoms with van der Waals surface area (Å²) >= 11 is 8.02. The SMILES string of the molecule is O=C(O)N1CCN2Cc3cc(F)c(I)c(Cl)c3OC[C@H]2C1. The molecule has 0 aromatic heterocycles. The van der Waals surface area contributed by atoms with Crippen molar-refractivity contribution in [1.82, 2.24) is 9.80 Å². The lowest BCUT2D eigenvalue weighted by atomic mass is 10.1. The van der Waals surface area contributed by atoms with E-state index in [0.717, 1.165) is 0 Å². The molecule has 0 saturated carbocycles. The van der Waals surface area contributed by atoms with Gasteiger partial charge in [0.15, 0.2) is 0 Å². The lowest BCUT2D eigenvalue weighted by Gasteiger charge is -2.38. The van der Waals surface area contributed by atoms with Gasteiger partial charge in [-0.3, -0.25) is 4.90 Å². The first-order chi connectivity index (χ1) is 9.97. The lowest BCUT2D eigenvalue weighted by Crippen LogP contribution is -2.55. The van der Waals surface area contributed by atoms with Gasteiger partial charge >= 0.3 is 6.09 Å². The molecule has 0 unspecified atom stereocenters. The Kier molecular flexibility index (Phi) is 4.15. The maximum Gasteiger partial charge on any atom is 0.407 e. The van der Waals surface area contributed by atoms with E-state index in [1.54, 1.807) is 0 Å². The van der Waals surface area contributed by atoms with Gasteiger partial charge in [-0.05, 0) is 28.7 Å². The van der Waals surface area contributed by atoms with E-state index in [-0.39, 0.29) is 11.9 Å². The fraction of sp³-hybridized carbons (Fsp3) is 0.462. The summed E-state index contributed by atoms with van der Waals surface area (Å²) in [6.45, 7) is 2.30. The normalized spacial score (nSPS) is 22.0. The van der Waals surface area contributed by atoms with Gasteiger partial charge in [0.2, 0.25) is 0 Å². The quantitative estimate of drug-likeness (QED) is 0.512. The molecule has 1 aromatic carbocycles. The van der Waals surface area contributed by atoms with Crippen LogP contribution in [-0.2, 0) is 6.54 Å². The average Bonchev–Trinajstić information content (AvgIpc) is 2.63. The highest BCUT2D eigenvalue weighted by Crippen LogP contribution is 2.37. The third kappa shape index (κ3) is 2.78. The Morgan fingerprint density at radius 1 is 1.52 bits per heavy atom. The maximum atomic E-state index is 13.8. The van der Waals surface area contributed by atoms with Crippen LogP contribution in [0.25, 0.3) is 0 Å². The largest absolute Gasteiger partial charge is 0.490 e. The average molecular weight is 427 g/mol. The second kappa shape index (κ2) is 5.77. The Hall–Kier alpha value is -0.800. The summed E-state index contributed by atoms with van der Waals surface area (Å²) in [7, 11) is 0. The highest BCUT2D eigenvalue weighted by molar-refractivity contribution is 14.1. The highest BCUT2D eigenvalue weighted by Gasteiger charge is 2.33. The van der Waals surface area contributed by atoms with E-state index >= 15 is 0 Å². The highest BCUT2D eigenvalue weighted by atomic mass is 127. The van der Waals surface area contributed by atoms with Crippen molar-refractivity contribution in [3.05, 3.63) is 26.0 Å². The molecule has 21 heavy (non-hydrogen) atoms. The summed E-state index contributed by atoms with van der Waals surface area (Å²) in [6.07, 6.45) is -0.921. The van der Waals surface area contributed by atoms with Gasteiger partial charge in [0.1, 0.15) is 18.2 Å². The third-order valence-corrected chi connectivity index (χ3v) is 5.60. The summed E-state index contributed by atoms with van der Waals surface area (Å²) in [4.78, 5) is 14.6. The number of carbonyl (C=O) groups is 1. The molecule has 1 fully saturated rings. The summed E-state index contributed by atoms with van der Waals surface area (Å²) < 4.78 is 19.9. The summed E-state index contributed by atoms with van der Waals surface area (Å²) in [5, 5.41) is 9.38. The van der Waals surface area contributed by atoms with Gasteiger partial charge in [-0.2, -0.15) is 0 Å². The Morgan fingerprint density at radius 2 is 2.29 bits per heavy atom. The second-order valence-corrected chi connectivity index (χ2v) is 6.60. The fourth-order valence-corrected chi connectivity index (χ4v) is 3.40. The van der Waals surface area contributed by atoms with E-state index in [1.165, 1.54) is 11.0 Å². The van der Waals surface area contributed by atoms with Crippen LogP contribution < -0.4 is 4.74 Å². The topological polar surface area (TPSA) is 53.0 Å². The van der Waals surface area contributed by atoms with Crippen LogP contribution in [0.3, 0.4) is 0 Å². The Balaban J connectivity index is 1.88. The molecule has 1 saturated heterocycles. The zero-order chi connectivity index (χ0) is 15.1. The van der Waals surface area contributed by atoms with Crippen LogP contribution in [0, 0.1) is 9.39 Å². The Labute approximate surface area is 139 Å². The molecule has 2 aliphatic rings. The van der Waals surface area contributed by atoms with E-state index in [1.807, 2.05) is 22.6 Å². The van der Waals surface area contributed by atoms with E-state index in [4.69, 9.17) is 21.4 Å². The zero-order valence-corrected chi connectivity index (χ0v) is 13.9. The van der Waals surface area contributed by atoms with Crippen molar-refractivity contribution in [2.45, 2.75) is 12.6 Å². The molecule has 8 heteroatoms. The number of piperazine rings is 1. The predicted molar refractivity (Wildman–Crippen MR) is 83.4 cm³/mol. The van der Waals surface area contributed by atoms with Crippen molar-refractivity contribution in [2.24, 2.45) is 0 Å². The number of rotatable bonds is 0. The van der Waals surface area contributed by atoms with E-state index < -0.39 is 6.09 Å². The monoisotopic (exact) mass is 426 g/mol. The van der Waals surface area contributed by atoms with Crippen LogP contribution in [0.4, 0.5) is 9.18 Å². The number of hydrogen-bond donors (Lipinski definition) is 1. The number of nitrogens with zero attached hydrogens (tertiary/aromatic N) is 2. The molecule has 2 heterocycles. The smallest absolute Gasteiger partial charge is 0.407 e. The third-order valence-electron chi connectivity index (χ3n) is 3.86. The summed E-state index contributed by atoms with van der Waals surface area (Å²) in [5.74, 6) is 0.157. The van der Waals surface area contributed by atoms with Gasteiger partial charge in [0, 0.05) is 31.7 Å². The Bertz CT molecular complexity index is 601. The van der Waals surface area contributed by atoms with E-state index in [2.05, 4.69) is 4.90 Å². The molecule has 0 radical (unpaired) electrons. The van der Waals surface area contributed by atoms with Crippen LogP contribution in [-0.4, -0.2) is 53.3 Å². The molecule has 2 aliphatic heterocycles. The number of fused-ring (bicyclic) bond motifs is 2. The number of benzene rings is 1. The first-order valence-electron chi connectivity index (χ1n) is 6.48. The molecule has 0 bridgehead atoms. The minimum Gasteiger partial charge on any atom is -0.490 e. The fourth-order valence-electron chi connectivity index (χ4n) is 2.73. The van der Waals surface area contributed by atoms with Crippen molar-refractivity contribution in [2.75, 3.05) is 26.2 Å². The van der Waals surface area contributed by atoms with Crippen LogP contribution >= 0.6 is 34.2 Å². The Morgan fingerprint density at radius 3 is 3.00 bits per heavy atom. The molecule has 3 rings (SSSR count). The number of hydrogen-bond acceptors (Lipinski definition) is 3. The van der Waals surface area contributed by atoms with Crippen molar-refractivity contribution in [3.63, 3.8) is 0 Å². The van der Waals surface area contributed by atoms with Gasteiger partial charge in [0.25, 0.3) is 0 Å². The second-order valence-electron chi connectivity index (χ2n) is 5.14. The molecule has 114 valence electrons. The van der Waals surface area contributed by atoms with E-state index in [9.17, 15) is 9.18 Å². The van der Waals surface area contributed by atoms with Gasteiger partial charge in [-0.15, -0.1) is 0 Å². The van der Waals surface area contributed by atoms with Crippen molar-refractivity contribution < 1.29 is 19.0 Å². The standard InChI is InChI=1S/C13H13ClFIN2O3/c14-10-11(16)9(15)3-7-4-17-1-2-18(13(19)20)5-8(17)6-21-12(7)10/h3,8H,1-2,4-6H2,(H,19,20)/t8-/m1/s1. The molecule has 5 nitrogen and oxygen atoms in total. The maximum absolute atomic E-state index is 13.8. The van der Waals surface area contributed by atoms with E-state index in [0.29, 0.717) is 52.7 Å². The zero-order valence-electron chi connectivity index (χ0n) is 11.0. The summed E-state index contributed by atoms with van der Waals surface area (Å²) in [6, 6.07) is 1.41. The summed E-state index contributed by atoms with van der Waals surface area (Å²) in [5.41, 5.74) is 0.712.